The number of nitrogens with zero attached hydrogens (tertiary/aromatic N) is 2. The van der Waals surface area contributed by atoms with Gasteiger partial charge in [0, 0.05) is 28.4 Å². The van der Waals surface area contributed by atoms with E-state index in [9.17, 15) is 0 Å². The van der Waals surface area contributed by atoms with Crippen molar-refractivity contribution in [3.05, 3.63) is 41.4 Å². The van der Waals surface area contributed by atoms with Gasteiger partial charge in [-0.25, -0.2) is 0 Å². The molecule has 0 aliphatic heterocycles. The fourth-order valence-electron chi connectivity index (χ4n) is 2.11. The van der Waals surface area contributed by atoms with Gasteiger partial charge in [0.05, 0.1) is 12.6 Å². The van der Waals surface area contributed by atoms with Gasteiger partial charge in [0.25, 0.3) is 0 Å². The predicted octanol–water partition coefficient (Wildman–Crippen LogP) is 3.81. The molecular weight excluding hydrogens is 214 g/mol. The van der Waals surface area contributed by atoms with Crippen LogP contribution in [0.4, 0.5) is 5.69 Å². The van der Waals surface area contributed by atoms with E-state index in [1.54, 1.807) is 7.11 Å². The third kappa shape index (κ3) is 1.33. The lowest BCUT2D eigenvalue weighted by molar-refractivity contribution is 0.418. The first-order valence-electron chi connectivity index (χ1n) is 5.27. The van der Waals surface area contributed by atoms with E-state index in [-0.39, 0.29) is 0 Å². The maximum atomic E-state index is 8.95. The summed E-state index contributed by atoms with van der Waals surface area (Å²) in [5.41, 5.74) is 2.46. The normalized spacial score (nSPS) is 10.6. The van der Waals surface area contributed by atoms with Crippen LogP contribution in [0.25, 0.3) is 26.8 Å². The van der Waals surface area contributed by atoms with Crippen molar-refractivity contribution >= 4 is 27.5 Å². The van der Waals surface area contributed by atoms with Crippen molar-refractivity contribution in [1.29, 1.82) is 5.39 Å². The summed E-state index contributed by atoms with van der Waals surface area (Å²) in [7, 11) is 1.55. The Bertz CT molecular complexity index is 752. The van der Waals surface area contributed by atoms with Crippen LogP contribution in [0.3, 0.4) is 0 Å². The second kappa shape index (κ2) is 3.49. The Labute approximate surface area is 97.4 Å². The summed E-state index contributed by atoms with van der Waals surface area (Å²) in [6.45, 7) is 0. The van der Waals surface area contributed by atoms with E-state index in [0.717, 1.165) is 21.8 Å². The average molecular weight is 224 g/mol. The number of hydrogen-bond acceptors (Lipinski definition) is 2. The summed E-state index contributed by atoms with van der Waals surface area (Å²) in [5, 5.41) is 11.1. The number of hydrogen-bond donors (Lipinski definition) is 1. The molecule has 0 spiro atoms. The van der Waals surface area contributed by atoms with Gasteiger partial charge in [-0.05, 0) is 6.07 Å². The van der Waals surface area contributed by atoms with Crippen LogP contribution in [0.1, 0.15) is 0 Å². The highest BCUT2D eigenvalue weighted by atomic mass is 16.5. The summed E-state index contributed by atoms with van der Waals surface area (Å²) in [5.74, 6) is 0.548. The van der Waals surface area contributed by atoms with E-state index >= 15 is 0 Å². The van der Waals surface area contributed by atoms with Gasteiger partial charge in [-0.15, -0.1) is 0 Å². The van der Waals surface area contributed by atoms with Gasteiger partial charge < -0.3 is 9.72 Å². The number of ether oxygens (including phenoxy) is 1. The molecule has 0 saturated heterocycles. The van der Waals surface area contributed by atoms with E-state index in [4.69, 9.17) is 10.1 Å². The average Bonchev–Trinajstić information content (AvgIpc) is 2.74. The van der Waals surface area contributed by atoms with Crippen molar-refractivity contribution in [2.75, 3.05) is 7.11 Å². The third-order valence-corrected chi connectivity index (χ3v) is 2.91. The topological polar surface area (TPSA) is 53.2 Å². The number of benzene rings is 2. The molecule has 17 heavy (non-hydrogen) atoms. The van der Waals surface area contributed by atoms with Crippen LogP contribution in [0.15, 0.2) is 36.4 Å². The van der Waals surface area contributed by atoms with Gasteiger partial charge in [-0.2, -0.15) is 0 Å². The Balaban J connectivity index is 2.47. The number of fused-ring (bicyclic) bond motifs is 3. The number of aromatic amines is 1. The molecule has 0 aliphatic carbocycles. The Morgan fingerprint density at radius 2 is 1.94 bits per heavy atom. The maximum absolute atomic E-state index is 8.95. The quantitative estimate of drug-likeness (QED) is 0.639. The van der Waals surface area contributed by atoms with Crippen LogP contribution in [-0.2, 0) is 0 Å². The van der Waals surface area contributed by atoms with Crippen molar-refractivity contribution in [1.82, 2.24) is 4.98 Å². The molecule has 4 nitrogen and oxygen atoms in total. The summed E-state index contributed by atoms with van der Waals surface area (Å²) in [6, 6.07) is 11.7. The first-order valence-corrected chi connectivity index (χ1v) is 5.27. The van der Waals surface area contributed by atoms with E-state index in [0.29, 0.717) is 11.4 Å². The highest BCUT2D eigenvalue weighted by molar-refractivity contribution is 6.09. The van der Waals surface area contributed by atoms with E-state index in [1.165, 1.54) is 0 Å². The molecular formula is C13H10N3O+. The molecule has 0 radical (unpaired) electrons. The molecule has 3 aromatic rings. The number of aromatic nitrogens is 1. The zero-order chi connectivity index (χ0) is 11.8. The second-order valence-electron chi connectivity index (χ2n) is 3.84. The molecule has 3 rings (SSSR count). The molecule has 82 valence electrons. The van der Waals surface area contributed by atoms with Crippen molar-refractivity contribution in [3.63, 3.8) is 0 Å². The fraction of sp³-hybridized carbons (Fsp3) is 0.0769. The lowest BCUT2D eigenvalue weighted by Gasteiger charge is -1.95. The van der Waals surface area contributed by atoms with Gasteiger partial charge in [0.2, 0.25) is 11.1 Å². The van der Waals surface area contributed by atoms with Crippen molar-refractivity contribution in [3.8, 4) is 5.75 Å². The minimum absolute atomic E-state index is 0.435. The first-order chi connectivity index (χ1) is 8.33. The van der Waals surface area contributed by atoms with Crippen LogP contribution in [-0.4, -0.2) is 12.1 Å². The van der Waals surface area contributed by atoms with Gasteiger partial charge in [-0.1, -0.05) is 18.2 Å². The Morgan fingerprint density at radius 1 is 1.12 bits per heavy atom. The minimum Gasteiger partial charge on any atom is -0.489 e. The summed E-state index contributed by atoms with van der Waals surface area (Å²) >= 11 is 0. The summed E-state index contributed by atoms with van der Waals surface area (Å²) in [4.78, 5) is 6.54. The molecule has 0 fully saturated rings. The van der Waals surface area contributed by atoms with Crippen LogP contribution in [0.2, 0.25) is 0 Å². The van der Waals surface area contributed by atoms with E-state index < -0.39 is 0 Å². The second-order valence-corrected chi connectivity index (χ2v) is 3.84. The number of diazo groups is 1. The Morgan fingerprint density at radius 3 is 2.71 bits per heavy atom. The van der Waals surface area contributed by atoms with Gasteiger partial charge in [0.15, 0.2) is 4.98 Å². The monoisotopic (exact) mass is 224 g/mol. The number of rotatable bonds is 1. The van der Waals surface area contributed by atoms with Crippen molar-refractivity contribution < 1.29 is 4.74 Å². The van der Waals surface area contributed by atoms with Crippen LogP contribution in [0.5, 0.6) is 5.75 Å². The van der Waals surface area contributed by atoms with Crippen LogP contribution < -0.4 is 4.74 Å². The van der Waals surface area contributed by atoms with E-state index in [1.807, 2.05) is 36.4 Å². The lowest BCUT2D eigenvalue weighted by atomic mass is 10.1. The largest absolute Gasteiger partial charge is 0.489 e. The zero-order valence-electron chi connectivity index (χ0n) is 9.27. The third-order valence-electron chi connectivity index (χ3n) is 2.91. The van der Waals surface area contributed by atoms with Crippen molar-refractivity contribution in [2.24, 2.45) is 0 Å². The van der Waals surface area contributed by atoms with Gasteiger partial charge in [-0.3, -0.25) is 0 Å². The highest BCUT2D eigenvalue weighted by Gasteiger charge is 2.17. The molecule has 1 N–H and O–H groups in total. The highest BCUT2D eigenvalue weighted by Crippen LogP contribution is 2.35. The molecule has 1 aromatic heterocycles. The molecule has 4 heteroatoms. The molecule has 0 saturated carbocycles. The maximum Gasteiger partial charge on any atom is 0.427 e. The van der Waals surface area contributed by atoms with Crippen LogP contribution >= 0.6 is 0 Å². The SMILES string of the molecule is COc1cc2[nH]c3ccccc3c2cc1[N+]#N. The Kier molecular flexibility index (Phi) is 1.99. The lowest BCUT2D eigenvalue weighted by Crippen LogP contribution is -1.82. The molecule has 2 aromatic carbocycles. The summed E-state index contributed by atoms with van der Waals surface area (Å²) < 4.78 is 5.17. The number of para-hydroxylation sites is 1. The van der Waals surface area contributed by atoms with Crippen LogP contribution in [0, 0.1) is 5.39 Å². The number of nitrogens with one attached hydrogen (secondary N) is 1. The smallest absolute Gasteiger partial charge is 0.427 e. The zero-order valence-corrected chi connectivity index (χ0v) is 9.27. The van der Waals surface area contributed by atoms with Gasteiger partial charge >= 0.3 is 5.69 Å². The van der Waals surface area contributed by atoms with Crippen molar-refractivity contribution in [2.45, 2.75) is 0 Å². The number of methoxy groups -OCH3 is 1. The standard InChI is InChI=1S/C13H10N3O/c1-17-13-7-11-9(6-12(13)16-14)8-4-2-3-5-10(8)15-11/h2-7,15H,1H3/q+1. The molecule has 0 unspecified atom stereocenters. The molecule has 0 amide bonds. The minimum atomic E-state index is 0.435. The number of H-pyrrole nitrogens is 1. The molecule has 1 heterocycles. The fourth-order valence-corrected chi connectivity index (χ4v) is 2.11. The molecule has 0 atom stereocenters. The van der Waals surface area contributed by atoms with E-state index in [2.05, 4.69) is 9.96 Å². The predicted molar refractivity (Wildman–Crippen MR) is 67.1 cm³/mol. The molecule has 0 aliphatic rings. The summed E-state index contributed by atoms with van der Waals surface area (Å²) in [6.07, 6.45) is 0. The molecule has 0 bridgehead atoms. The van der Waals surface area contributed by atoms with Gasteiger partial charge in [0.1, 0.15) is 0 Å². The first kappa shape index (κ1) is 9.67. The Hall–Kier alpha value is -2.54.